The summed E-state index contributed by atoms with van der Waals surface area (Å²) in [5.74, 6) is 1.80. The normalized spacial score (nSPS) is 22.1. The number of aromatic nitrogens is 2. The van der Waals surface area contributed by atoms with Gasteiger partial charge in [-0.25, -0.2) is 0 Å². The first-order chi connectivity index (χ1) is 10.2. The van der Waals surface area contributed by atoms with E-state index in [1.165, 1.54) is 5.56 Å². The molecule has 1 aromatic heterocycles. The first-order valence-electron chi connectivity index (χ1n) is 7.37. The topological polar surface area (TPSA) is 60.2 Å². The number of hydrogen-bond acceptors (Lipinski definition) is 5. The van der Waals surface area contributed by atoms with Gasteiger partial charge < -0.3 is 14.6 Å². The molecule has 0 amide bonds. The van der Waals surface area contributed by atoms with Crippen molar-refractivity contribution in [2.45, 2.75) is 38.3 Å². The van der Waals surface area contributed by atoms with E-state index in [9.17, 15) is 0 Å². The minimum Gasteiger partial charge on any atom is -0.380 e. The van der Waals surface area contributed by atoms with Crippen LogP contribution in [0.2, 0.25) is 0 Å². The summed E-state index contributed by atoms with van der Waals surface area (Å²) in [6, 6.07) is 8.41. The Balaban J connectivity index is 1.75. The van der Waals surface area contributed by atoms with Crippen LogP contribution in [0.25, 0.3) is 11.4 Å². The van der Waals surface area contributed by atoms with Crippen molar-refractivity contribution in [2.75, 3.05) is 13.7 Å². The van der Waals surface area contributed by atoms with Gasteiger partial charge in [0.15, 0.2) is 0 Å². The first-order valence-corrected chi connectivity index (χ1v) is 7.37. The third-order valence-electron chi connectivity index (χ3n) is 4.00. The monoisotopic (exact) mass is 287 g/mol. The lowest BCUT2D eigenvalue weighted by molar-refractivity contribution is 0.116. The van der Waals surface area contributed by atoms with Crippen molar-refractivity contribution >= 4 is 0 Å². The van der Waals surface area contributed by atoms with Crippen LogP contribution in [0.15, 0.2) is 28.8 Å². The minimum absolute atomic E-state index is 0.0890. The molecular weight excluding hydrogens is 266 g/mol. The van der Waals surface area contributed by atoms with Gasteiger partial charge in [0.1, 0.15) is 0 Å². The number of benzene rings is 1. The lowest BCUT2D eigenvalue weighted by Gasteiger charge is -2.05. The zero-order valence-electron chi connectivity index (χ0n) is 12.7. The molecule has 2 heterocycles. The molecule has 5 nitrogen and oxygen atoms in total. The van der Waals surface area contributed by atoms with Crippen LogP contribution in [-0.2, 0) is 4.74 Å². The Morgan fingerprint density at radius 2 is 2.05 bits per heavy atom. The molecule has 1 aromatic carbocycles. The second-order valence-corrected chi connectivity index (χ2v) is 5.79. The lowest BCUT2D eigenvalue weighted by Crippen LogP contribution is -2.16. The molecule has 5 heteroatoms. The summed E-state index contributed by atoms with van der Waals surface area (Å²) in [5.41, 5.74) is 2.29. The number of nitrogens with one attached hydrogen (secondary N) is 1. The molecule has 1 fully saturated rings. The summed E-state index contributed by atoms with van der Waals surface area (Å²) in [5, 5.41) is 7.43. The molecule has 2 aromatic rings. The second kappa shape index (κ2) is 5.95. The number of hydrogen-bond donors (Lipinski definition) is 1. The predicted molar refractivity (Wildman–Crippen MR) is 80.0 cm³/mol. The summed E-state index contributed by atoms with van der Waals surface area (Å²) in [6.07, 6.45) is 1.08. The van der Waals surface area contributed by atoms with E-state index < -0.39 is 0 Å². The van der Waals surface area contributed by atoms with Crippen LogP contribution in [0.4, 0.5) is 0 Å². The molecule has 1 aliphatic rings. The van der Waals surface area contributed by atoms with E-state index in [4.69, 9.17) is 9.26 Å². The Hall–Kier alpha value is -1.72. The van der Waals surface area contributed by atoms with E-state index in [-0.39, 0.29) is 12.1 Å². The van der Waals surface area contributed by atoms with Gasteiger partial charge in [-0.15, -0.1) is 0 Å². The largest absolute Gasteiger partial charge is 0.380 e. The van der Waals surface area contributed by atoms with Crippen LogP contribution >= 0.6 is 0 Å². The summed E-state index contributed by atoms with van der Waals surface area (Å²) < 4.78 is 10.7. The third kappa shape index (κ3) is 2.99. The SMILES string of the molecule is COC1CNC(c2nc(-c3ccc(C(C)C)cc3)no2)C1. The maximum Gasteiger partial charge on any atom is 0.244 e. The number of methoxy groups -OCH3 is 1. The zero-order valence-corrected chi connectivity index (χ0v) is 12.7. The van der Waals surface area contributed by atoms with E-state index in [0.29, 0.717) is 17.6 Å². The van der Waals surface area contributed by atoms with E-state index in [2.05, 4.69) is 41.4 Å². The number of rotatable bonds is 4. The van der Waals surface area contributed by atoms with E-state index in [1.807, 2.05) is 12.1 Å². The average Bonchev–Trinajstić information content (AvgIpc) is 3.16. The molecule has 1 saturated heterocycles. The van der Waals surface area contributed by atoms with Gasteiger partial charge in [-0.2, -0.15) is 4.98 Å². The van der Waals surface area contributed by atoms with E-state index in [1.54, 1.807) is 7.11 Å². The smallest absolute Gasteiger partial charge is 0.244 e. The van der Waals surface area contributed by atoms with Crippen LogP contribution < -0.4 is 5.32 Å². The molecule has 0 aliphatic carbocycles. The Morgan fingerprint density at radius 1 is 1.29 bits per heavy atom. The highest BCUT2D eigenvalue weighted by Crippen LogP contribution is 2.26. The molecule has 1 N–H and O–H groups in total. The minimum atomic E-state index is 0.0890. The molecule has 21 heavy (non-hydrogen) atoms. The van der Waals surface area contributed by atoms with Crippen molar-refractivity contribution in [1.82, 2.24) is 15.5 Å². The molecular formula is C16H21N3O2. The summed E-state index contributed by atoms with van der Waals surface area (Å²) in [4.78, 5) is 4.51. The number of nitrogens with zero attached hydrogens (tertiary/aromatic N) is 2. The van der Waals surface area contributed by atoms with E-state index in [0.717, 1.165) is 18.5 Å². The van der Waals surface area contributed by atoms with Crippen LogP contribution in [-0.4, -0.2) is 29.9 Å². The molecule has 1 aliphatic heterocycles. The fourth-order valence-corrected chi connectivity index (χ4v) is 2.58. The Morgan fingerprint density at radius 3 is 2.67 bits per heavy atom. The standard InChI is InChI=1S/C16H21N3O2/c1-10(2)11-4-6-12(7-5-11)15-18-16(21-19-15)14-8-13(20-3)9-17-14/h4-7,10,13-14,17H,8-9H2,1-3H3. The first kappa shape index (κ1) is 14.2. The Labute approximate surface area is 124 Å². The third-order valence-corrected chi connectivity index (χ3v) is 4.00. The number of ether oxygens (including phenoxy) is 1. The summed E-state index contributed by atoms with van der Waals surface area (Å²) >= 11 is 0. The van der Waals surface area contributed by atoms with Gasteiger partial charge in [-0.3, -0.25) is 0 Å². The quantitative estimate of drug-likeness (QED) is 0.937. The van der Waals surface area contributed by atoms with Gasteiger partial charge >= 0.3 is 0 Å². The highest BCUT2D eigenvalue weighted by molar-refractivity contribution is 5.54. The summed E-state index contributed by atoms with van der Waals surface area (Å²) in [6.45, 7) is 5.18. The zero-order chi connectivity index (χ0) is 14.8. The van der Waals surface area contributed by atoms with E-state index >= 15 is 0 Å². The van der Waals surface area contributed by atoms with Crippen molar-refractivity contribution < 1.29 is 9.26 Å². The van der Waals surface area contributed by atoms with Crippen molar-refractivity contribution in [3.63, 3.8) is 0 Å². The maximum atomic E-state index is 5.39. The van der Waals surface area contributed by atoms with Crippen LogP contribution in [0.1, 0.15) is 43.7 Å². The van der Waals surface area contributed by atoms with Crippen LogP contribution in [0, 0.1) is 0 Å². The van der Waals surface area contributed by atoms with Crippen molar-refractivity contribution in [3.05, 3.63) is 35.7 Å². The lowest BCUT2D eigenvalue weighted by atomic mass is 10.0. The molecule has 2 unspecified atom stereocenters. The average molecular weight is 287 g/mol. The van der Waals surface area contributed by atoms with Crippen molar-refractivity contribution in [2.24, 2.45) is 0 Å². The fraction of sp³-hybridized carbons (Fsp3) is 0.500. The summed E-state index contributed by atoms with van der Waals surface area (Å²) in [7, 11) is 1.73. The van der Waals surface area contributed by atoms with Gasteiger partial charge in [0, 0.05) is 19.2 Å². The fourth-order valence-electron chi connectivity index (χ4n) is 2.58. The van der Waals surface area contributed by atoms with Gasteiger partial charge in [0.05, 0.1) is 12.1 Å². The Bertz CT molecular complexity index is 592. The van der Waals surface area contributed by atoms with Crippen molar-refractivity contribution in [3.8, 4) is 11.4 Å². The molecule has 2 atom stereocenters. The highest BCUT2D eigenvalue weighted by atomic mass is 16.5. The van der Waals surface area contributed by atoms with Gasteiger partial charge in [0.25, 0.3) is 0 Å². The van der Waals surface area contributed by atoms with Crippen LogP contribution in [0.3, 0.4) is 0 Å². The van der Waals surface area contributed by atoms with Gasteiger partial charge in [-0.1, -0.05) is 43.3 Å². The molecule has 0 bridgehead atoms. The highest BCUT2D eigenvalue weighted by Gasteiger charge is 2.29. The van der Waals surface area contributed by atoms with Crippen LogP contribution in [0.5, 0.6) is 0 Å². The Kier molecular flexibility index (Phi) is 4.03. The van der Waals surface area contributed by atoms with Gasteiger partial charge in [0.2, 0.25) is 11.7 Å². The molecule has 112 valence electrons. The molecule has 0 radical (unpaired) electrons. The molecule has 0 spiro atoms. The maximum absolute atomic E-state index is 5.39. The molecule has 0 saturated carbocycles. The molecule has 3 rings (SSSR count). The van der Waals surface area contributed by atoms with Crippen molar-refractivity contribution in [1.29, 1.82) is 0 Å². The predicted octanol–water partition coefficient (Wildman–Crippen LogP) is 2.91. The van der Waals surface area contributed by atoms with Gasteiger partial charge in [-0.05, 0) is 17.9 Å². The second-order valence-electron chi connectivity index (χ2n) is 5.79.